The molecule has 5 nitrogen and oxygen atoms in total. The van der Waals surface area contributed by atoms with E-state index in [0.717, 1.165) is 12.8 Å². The van der Waals surface area contributed by atoms with Crippen LogP contribution in [0.5, 0.6) is 0 Å². The molecule has 0 atom stereocenters. The van der Waals surface area contributed by atoms with Crippen LogP contribution in [0.2, 0.25) is 0 Å². The topological polar surface area (TPSA) is 83.8 Å². The third-order valence-corrected chi connectivity index (χ3v) is 3.18. The fourth-order valence-corrected chi connectivity index (χ4v) is 1.90. The normalized spacial score (nSPS) is 12.8. The van der Waals surface area contributed by atoms with Gasteiger partial charge in [0.2, 0.25) is 0 Å². The van der Waals surface area contributed by atoms with Crippen molar-refractivity contribution in [1.29, 1.82) is 0 Å². The van der Waals surface area contributed by atoms with Gasteiger partial charge in [-0.2, -0.15) is 0 Å². The van der Waals surface area contributed by atoms with E-state index in [-0.39, 0.29) is 17.8 Å². The number of Topliss-reactive ketones (excluding diaryl/α,β-unsaturated/α-hetero) is 1. The number of hydrogen-bond donors (Lipinski definition) is 2. The number of ether oxygens (including phenoxy) is 1. The van der Waals surface area contributed by atoms with Crippen molar-refractivity contribution < 1.29 is 23.9 Å². The molecule has 0 spiro atoms. The summed E-state index contributed by atoms with van der Waals surface area (Å²) in [4.78, 5) is 28.3. The largest absolute Gasteiger partial charge is 0.379 e. The predicted molar refractivity (Wildman–Crippen MR) is 61.5 cm³/mol. The summed E-state index contributed by atoms with van der Waals surface area (Å²) < 4.78 is 15.7. The molecule has 0 radical (unpaired) electrons. The predicted octanol–water partition coefficient (Wildman–Crippen LogP) is 1.72. The molecular weight excluding hydrogens is 231 g/mol. The van der Waals surface area contributed by atoms with Crippen LogP contribution in [0.25, 0.3) is 0 Å². The van der Waals surface area contributed by atoms with Gasteiger partial charge in [-0.3, -0.25) is 9.36 Å². The monoisotopic (exact) mass is 252 g/mol. The summed E-state index contributed by atoms with van der Waals surface area (Å²) in [5.41, 5.74) is -0.202. The maximum absolute atomic E-state index is 11.1. The van der Waals surface area contributed by atoms with E-state index in [1.807, 2.05) is 13.8 Å². The molecule has 2 N–H and O–H groups in total. The molecule has 96 valence electrons. The van der Waals surface area contributed by atoms with Gasteiger partial charge in [-0.05, 0) is 26.7 Å². The van der Waals surface area contributed by atoms with E-state index in [9.17, 15) is 9.36 Å². The average Bonchev–Trinajstić information content (AvgIpc) is 2.10. The molecule has 6 heteroatoms. The molecule has 16 heavy (non-hydrogen) atoms. The summed E-state index contributed by atoms with van der Waals surface area (Å²) in [5.74, 6) is -0.372. The van der Waals surface area contributed by atoms with E-state index in [0.29, 0.717) is 6.42 Å². The summed E-state index contributed by atoms with van der Waals surface area (Å²) in [7, 11) is -2.55. The fourth-order valence-electron chi connectivity index (χ4n) is 1.28. The van der Waals surface area contributed by atoms with Gasteiger partial charge < -0.3 is 14.5 Å². The zero-order chi connectivity index (χ0) is 12.8. The molecule has 0 aromatic heterocycles. The lowest BCUT2D eigenvalue weighted by Crippen LogP contribution is -2.22. The highest BCUT2D eigenvalue weighted by Gasteiger charge is 2.19. The molecule has 0 aliphatic rings. The van der Waals surface area contributed by atoms with Crippen LogP contribution in [0.1, 0.15) is 39.5 Å². The Hall–Kier alpha value is -0.220. The smallest absolute Gasteiger partial charge is 0.332 e. The van der Waals surface area contributed by atoms with Crippen molar-refractivity contribution in [2.45, 2.75) is 45.1 Å². The molecule has 0 aliphatic carbocycles. The number of unbranched alkanes of at least 4 members (excludes halogenated alkanes) is 1. The standard InChI is InChI=1S/C10H21O5P/c1-10(2,15-3)7-5-4-6-9(11)8-16(12,13)14/h4-8H2,1-3H3,(H2,12,13,14). The molecule has 0 bridgehead atoms. The van der Waals surface area contributed by atoms with Crippen LogP contribution < -0.4 is 0 Å². The molecule has 0 aliphatic heterocycles. The Morgan fingerprint density at radius 1 is 1.31 bits per heavy atom. The zero-order valence-electron chi connectivity index (χ0n) is 10.1. The van der Waals surface area contributed by atoms with Crippen LogP contribution in [-0.2, 0) is 14.1 Å². The van der Waals surface area contributed by atoms with Gasteiger partial charge in [-0.25, -0.2) is 0 Å². The molecule has 0 unspecified atom stereocenters. The number of rotatable bonds is 8. The van der Waals surface area contributed by atoms with Crippen molar-refractivity contribution >= 4 is 13.4 Å². The van der Waals surface area contributed by atoms with Crippen LogP contribution in [0.15, 0.2) is 0 Å². The first-order valence-corrected chi connectivity index (χ1v) is 7.07. The van der Waals surface area contributed by atoms with Crippen molar-refractivity contribution in [3.8, 4) is 0 Å². The first-order chi connectivity index (χ1) is 7.16. The Balaban J connectivity index is 3.68. The van der Waals surface area contributed by atoms with Gasteiger partial charge in [0, 0.05) is 13.5 Å². The van der Waals surface area contributed by atoms with Gasteiger partial charge in [0.05, 0.1) is 5.60 Å². The zero-order valence-corrected chi connectivity index (χ0v) is 11.0. The van der Waals surface area contributed by atoms with Crippen molar-refractivity contribution in [2.75, 3.05) is 13.3 Å². The van der Waals surface area contributed by atoms with Gasteiger partial charge in [0.15, 0.2) is 0 Å². The first kappa shape index (κ1) is 15.8. The summed E-state index contributed by atoms with van der Waals surface area (Å²) >= 11 is 0. The van der Waals surface area contributed by atoms with E-state index in [1.165, 1.54) is 0 Å². The summed E-state index contributed by atoms with van der Waals surface area (Å²) in [5, 5.41) is 0. The Morgan fingerprint density at radius 3 is 2.31 bits per heavy atom. The fraction of sp³-hybridized carbons (Fsp3) is 0.900. The third-order valence-electron chi connectivity index (χ3n) is 2.42. The van der Waals surface area contributed by atoms with Gasteiger partial charge in [-0.1, -0.05) is 6.42 Å². The highest BCUT2D eigenvalue weighted by atomic mass is 31.2. The molecule has 0 heterocycles. The van der Waals surface area contributed by atoms with E-state index < -0.39 is 13.8 Å². The number of methoxy groups -OCH3 is 1. The number of carbonyl (C=O) groups is 1. The Bertz CT molecular complexity index is 268. The molecule has 0 rings (SSSR count). The lowest BCUT2D eigenvalue weighted by Gasteiger charge is -2.22. The number of ketones is 1. The second-order valence-electron chi connectivity index (χ2n) is 4.53. The third kappa shape index (κ3) is 9.04. The SMILES string of the molecule is COC(C)(C)CCCCC(=O)CP(=O)(O)O. The second-order valence-corrected chi connectivity index (χ2v) is 6.18. The summed E-state index contributed by atoms with van der Waals surface area (Å²) in [6.45, 7) is 3.93. The molecular formula is C10H21O5P. The van der Waals surface area contributed by atoms with Crippen molar-refractivity contribution in [3.05, 3.63) is 0 Å². The lowest BCUT2D eigenvalue weighted by molar-refractivity contribution is -0.117. The Kier molecular flexibility index (Phi) is 6.41. The molecule has 0 saturated heterocycles. The Morgan fingerprint density at radius 2 is 1.88 bits per heavy atom. The van der Waals surface area contributed by atoms with Gasteiger partial charge >= 0.3 is 7.60 Å². The van der Waals surface area contributed by atoms with Gasteiger partial charge in [0.1, 0.15) is 11.9 Å². The van der Waals surface area contributed by atoms with Crippen molar-refractivity contribution in [2.24, 2.45) is 0 Å². The minimum absolute atomic E-state index is 0.202. The van der Waals surface area contributed by atoms with E-state index >= 15 is 0 Å². The van der Waals surface area contributed by atoms with Crippen molar-refractivity contribution in [1.82, 2.24) is 0 Å². The van der Waals surface area contributed by atoms with Crippen LogP contribution in [0.3, 0.4) is 0 Å². The van der Waals surface area contributed by atoms with Crippen LogP contribution >= 0.6 is 7.60 Å². The molecule has 0 aromatic rings. The minimum Gasteiger partial charge on any atom is -0.379 e. The van der Waals surface area contributed by atoms with Crippen LogP contribution in [0, 0.1) is 0 Å². The molecule has 0 fully saturated rings. The highest BCUT2D eigenvalue weighted by molar-refractivity contribution is 7.52. The Labute approximate surface area is 96.4 Å². The minimum atomic E-state index is -4.18. The quantitative estimate of drug-likeness (QED) is 0.507. The van der Waals surface area contributed by atoms with Gasteiger partial charge in [-0.15, -0.1) is 0 Å². The maximum atomic E-state index is 11.1. The lowest BCUT2D eigenvalue weighted by atomic mass is 10.00. The van der Waals surface area contributed by atoms with E-state index in [2.05, 4.69) is 0 Å². The second kappa shape index (κ2) is 6.50. The summed E-state index contributed by atoms with van der Waals surface area (Å²) in [6, 6.07) is 0. The number of hydrogen-bond acceptors (Lipinski definition) is 3. The van der Waals surface area contributed by atoms with E-state index in [4.69, 9.17) is 14.5 Å². The highest BCUT2D eigenvalue weighted by Crippen LogP contribution is 2.34. The average molecular weight is 252 g/mol. The van der Waals surface area contributed by atoms with Gasteiger partial charge in [0.25, 0.3) is 0 Å². The maximum Gasteiger partial charge on any atom is 0.332 e. The molecule has 0 aromatic carbocycles. The van der Waals surface area contributed by atoms with E-state index in [1.54, 1.807) is 7.11 Å². The first-order valence-electron chi connectivity index (χ1n) is 5.28. The molecule has 0 amide bonds. The van der Waals surface area contributed by atoms with Crippen LogP contribution in [0.4, 0.5) is 0 Å². The van der Waals surface area contributed by atoms with Crippen LogP contribution in [-0.4, -0.2) is 34.4 Å². The van der Waals surface area contributed by atoms with Crippen molar-refractivity contribution in [3.63, 3.8) is 0 Å². The summed E-state index contributed by atoms with van der Waals surface area (Å²) in [6.07, 6.45) is 1.87. The molecule has 0 saturated carbocycles. The number of carbonyl (C=O) groups excluding carboxylic acids is 1.